The van der Waals surface area contributed by atoms with Crippen molar-refractivity contribution in [3.05, 3.63) is 0 Å². The molecule has 1 fully saturated rings. The van der Waals surface area contributed by atoms with E-state index in [2.05, 4.69) is 0 Å². The smallest absolute Gasteiger partial charge is 0.312 e. The third-order valence-electron chi connectivity index (χ3n) is 2.24. The minimum Gasteiger partial charge on any atom is -0.336 e. The molecule has 0 aromatic carbocycles. The van der Waals surface area contributed by atoms with Crippen molar-refractivity contribution < 1.29 is 9.59 Å². The van der Waals surface area contributed by atoms with Crippen LogP contribution in [0.3, 0.4) is 0 Å². The second-order valence-electron chi connectivity index (χ2n) is 3.51. The Labute approximate surface area is 82.9 Å². The van der Waals surface area contributed by atoms with Crippen molar-refractivity contribution in [1.82, 2.24) is 9.80 Å². The molecule has 1 atom stereocenters. The average molecular weight is 195 g/mol. The minimum absolute atomic E-state index is 0.227. The molecular formula is C9H13N3O2. The molecule has 1 aliphatic rings. The summed E-state index contributed by atoms with van der Waals surface area (Å²) in [6, 6.07) is 2.04. The molecule has 0 bridgehead atoms. The Kier molecular flexibility index (Phi) is 3.07. The molecule has 0 aromatic rings. The van der Waals surface area contributed by atoms with Gasteiger partial charge < -0.3 is 9.80 Å². The monoisotopic (exact) mass is 195 g/mol. The standard InChI is InChI=1S/C9H13N3O2/c1-7(5-10)6-12-4-3-11(2)8(13)9(12)14/h7H,3-4,6H2,1-2H3. The summed E-state index contributed by atoms with van der Waals surface area (Å²) < 4.78 is 0. The Balaban J connectivity index is 2.61. The van der Waals surface area contributed by atoms with Crippen LogP contribution >= 0.6 is 0 Å². The number of carbonyl (C=O) groups excluding carboxylic acids is 2. The Bertz CT molecular complexity index is 295. The molecule has 2 amide bonds. The molecule has 0 radical (unpaired) electrons. The summed E-state index contributed by atoms with van der Waals surface area (Å²) in [5.41, 5.74) is 0. The van der Waals surface area contributed by atoms with E-state index >= 15 is 0 Å². The van der Waals surface area contributed by atoms with Crippen LogP contribution in [-0.4, -0.2) is 48.3 Å². The van der Waals surface area contributed by atoms with Gasteiger partial charge in [0.1, 0.15) is 0 Å². The number of likely N-dealkylation sites (N-methyl/N-ethyl adjacent to an activating group) is 1. The molecule has 0 spiro atoms. The van der Waals surface area contributed by atoms with E-state index in [1.807, 2.05) is 6.07 Å². The number of nitrogens with zero attached hydrogens (tertiary/aromatic N) is 3. The Morgan fingerprint density at radius 3 is 2.64 bits per heavy atom. The van der Waals surface area contributed by atoms with Gasteiger partial charge in [0.15, 0.2) is 0 Å². The second kappa shape index (κ2) is 4.09. The Hall–Kier alpha value is -1.57. The van der Waals surface area contributed by atoms with Crippen LogP contribution in [-0.2, 0) is 9.59 Å². The first-order chi connectivity index (χ1) is 6.56. The van der Waals surface area contributed by atoms with Gasteiger partial charge in [0.25, 0.3) is 0 Å². The number of carbonyl (C=O) groups is 2. The maximum Gasteiger partial charge on any atom is 0.312 e. The van der Waals surface area contributed by atoms with Crippen LogP contribution in [0.5, 0.6) is 0 Å². The number of nitriles is 1. The van der Waals surface area contributed by atoms with Gasteiger partial charge in [-0.05, 0) is 6.92 Å². The van der Waals surface area contributed by atoms with Gasteiger partial charge in [-0.1, -0.05) is 0 Å². The summed E-state index contributed by atoms with van der Waals surface area (Å²) in [6.45, 7) is 3.14. The maximum atomic E-state index is 11.4. The van der Waals surface area contributed by atoms with Crippen LogP contribution in [0.4, 0.5) is 0 Å². The highest BCUT2D eigenvalue weighted by Gasteiger charge is 2.30. The highest BCUT2D eigenvalue weighted by Crippen LogP contribution is 2.06. The van der Waals surface area contributed by atoms with E-state index in [1.165, 1.54) is 9.80 Å². The highest BCUT2D eigenvalue weighted by molar-refractivity contribution is 6.35. The number of rotatable bonds is 2. The second-order valence-corrected chi connectivity index (χ2v) is 3.51. The van der Waals surface area contributed by atoms with E-state index in [1.54, 1.807) is 14.0 Å². The van der Waals surface area contributed by atoms with Crippen molar-refractivity contribution in [3.8, 4) is 6.07 Å². The largest absolute Gasteiger partial charge is 0.336 e. The van der Waals surface area contributed by atoms with Crippen LogP contribution in [0, 0.1) is 17.2 Å². The first kappa shape index (κ1) is 10.5. The first-order valence-corrected chi connectivity index (χ1v) is 4.50. The topological polar surface area (TPSA) is 64.4 Å². The number of amides is 2. The van der Waals surface area contributed by atoms with Gasteiger partial charge >= 0.3 is 11.8 Å². The van der Waals surface area contributed by atoms with Crippen molar-refractivity contribution >= 4 is 11.8 Å². The Morgan fingerprint density at radius 2 is 2.07 bits per heavy atom. The van der Waals surface area contributed by atoms with Crippen LogP contribution in [0.1, 0.15) is 6.92 Å². The van der Waals surface area contributed by atoms with Gasteiger partial charge in [0.05, 0.1) is 12.0 Å². The lowest BCUT2D eigenvalue weighted by atomic mass is 10.2. The van der Waals surface area contributed by atoms with Crippen molar-refractivity contribution in [2.45, 2.75) is 6.92 Å². The minimum atomic E-state index is -0.499. The summed E-state index contributed by atoms with van der Waals surface area (Å²) in [5, 5.41) is 8.59. The van der Waals surface area contributed by atoms with Crippen molar-refractivity contribution in [2.75, 3.05) is 26.7 Å². The predicted octanol–water partition coefficient (Wildman–Crippen LogP) is -0.553. The van der Waals surface area contributed by atoms with E-state index in [-0.39, 0.29) is 5.92 Å². The summed E-state index contributed by atoms with van der Waals surface area (Å²) in [7, 11) is 1.60. The van der Waals surface area contributed by atoms with Gasteiger partial charge in [-0.25, -0.2) is 0 Å². The zero-order chi connectivity index (χ0) is 10.7. The number of hydrogen-bond donors (Lipinski definition) is 0. The molecule has 14 heavy (non-hydrogen) atoms. The maximum absolute atomic E-state index is 11.4. The average Bonchev–Trinajstić information content (AvgIpc) is 2.19. The molecular weight excluding hydrogens is 182 g/mol. The SMILES string of the molecule is CC(C#N)CN1CCN(C)C(=O)C1=O. The van der Waals surface area contributed by atoms with Gasteiger partial charge in [-0.3, -0.25) is 9.59 Å². The third kappa shape index (κ3) is 2.02. The Morgan fingerprint density at radius 1 is 1.43 bits per heavy atom. The highest BCUT2D eigenvalue weighted by atomic mass is 16.2. The predicted molar refractivity (Wildman–Crippen MR) is 49.0 cm³/mol. The number of piperazine rings is 1. The lowest BCUT2D eigenvalue weighted by Crippen LogP contribution is -2.53. The third-order valence-corrected chi connectivity index (χ3v) is 2.24. The molecule has 0 saturated carbocycles. The lowest BCUT2D eigenvalue weighted by molar-refractivity contribution is -0.155. The zero-order valence-corrected chi connectivity index (χ0v) is 8.36. The number of hydrogen-bond acceptors (Lipinski definition) is 3. The van der Waals surface area contributed by atoms with Crippen LogP contribution in [0.25, 0.3) is 0 Å². The molecule has 0 N–H and O–H groups in total. The molecule has 0 aliphatic carbocycles. The molecule has 5 heteroatoms. The zero-order valence-electron chi connectivity index (χ0n) is 8.36. The van der Waals surface area contributed by atoms with Crippen LogP contribution < -0.4 is 0 Å². The molecule has 0 aromatic heterocycles. The van der Waals surface area contributed by atoms with Gasteiger partial charge in [-0.15, -0.1) is 0 Å². The molecule has 1 aliphatic heterocycles. The van der Waals surface area contributed by atoms with Crippen LogP contribution in [0.15, 0.2) is 0 Å². The molecule has 5 nitrogen and oxygen atoms in total. The molecule has 1 saturated heterocycles. The fraction of sp³-hybridized carbons (Fsp3) is 0.667. The fourth-order valence-electron chi connectivity index (χ4n) is 1.32. The molecule has 1 unspecified atom stereocenters. The first-order valence-electron chi connectivity index (χ1n) is 4.50. The summed E-state index contributed by atoms with van der Waals surface area (Å²) in [4.78, 5) is 25.5. The van der Waals surface area contributed by atoms with Crippen LogP contribution in [0.2, 0.25) is 0 Å². The summed E-state index contributed by atoms with van der Waals surface area (Å²) in [6.07, 6.45) is 0. The van der Waals surface area contributed by atoms with Crippen molar-refractivity contribution in [2.24, 2.45) is 5.92 Å². The van der Waals surface area contributed by atoms with Crippen molar-refractivity contribution in [1.29, 1.82) is 5.26 Å². The van der Waals surface area contributed by atoms with E-state index in [0.717, 1.165) is 0 Å². The van der Waals surface area contributed by atoms with Gasteiger partial charge in [0, 0.05) is 26.7 Å². The van der Waals surface area contributed by atoms with E-state index in [4.69, 9.17) is 5.26 Å². The molecule has 1 rings (SSSR count). The summed E-state index contributed by atoms with van der Waals surface area (Å²) in [5.74, 6) is -1.21. The lowest BCUT2D eigenvalue weighted by Gasteiger charge is -2.31. The van der Waals surface area contributed by atoms with Gasteiger partial charge in [-0.2, -0.15) is 5.26 Å². The summed E-state index contributed by atoms with van der Waals surface area (Å²) >= 11 is 0. The van der Waals surface area contributed by atoms with Crippen molar-refractivity contribution in [3.63, 3.8) is 0 Å². The quantitative estimate of drug-likeness (QED) is 0.555. The molecule has 1 heterocycles. The fourth-order valence-corrected chi connectivity index (χ4v) is 1.32. The van der Waals surface area contributed by atoms with Gasteiger partial charge in [0.2, 0.25) is 0 Å². The normalized spacial score (nSPS) is 19.5. The van der Waals surface area contributed by atoms with E-state index < -0.39 is 11.8 Å². The molecule has 76 valence electrons. The van der Waals surface area contributed by atoms with E-state index in [9.17, 15) is 9.59 Å². The van der Waals surface area contributed by atoms with E-state index in [0.29, 0.717) is 19.6 Å².